The topological polar surface area (TPSA) is 48.1 Å². The van der Waals surface area contributed by atoms with Crippen LogP contribution in [-0.4, -0.2) is 28.6 Å². The Labute approximate surface area is 165 Å². The second kappa shape index (κ2) is 9.00. The molecule has 0 saturated heterocycles. The van der Waals surface area contributed by atoms with E-state index in [4.69, 9.17) is 0 Å². The van der Waals surface area contributed by atoms with E-state index in [2.05, 4.69) is 28.8 Å². The van der Waals surface area contributed by atoms with Gasteiger partial charge in [-0.2, -0.15) is 0 Å². The molecule has 1 aromatic heterocycles. The molecule has 0 spiro atoms. The van der Waals surface area contributed by atoms with Gasteiger partial charge in [-0.1, -0.05) is 55.6 Å². The van der Waals surface area contributed by atoms with E-state index in [0.29, 0.717) is 12.2 Å². The van der Waals surface area contributed by atoms with Crippen molar-refractivity contribution in [3.8, 4) is 0 Å². The molecule has 2 N–H and O–H groups in total. The first kappa shape index (κ1) is 19.4. The van der Waals surface area contributed by atoms with Gasteiger partial charge in [-0.25, -0.2) is 0 Å². The number of carbonyl (C=O) groups excluding carboxylic acids is 1. The van der Waals surface area contributed by atoms with Crippen molar-refractivity contribution in [2.24, 2.45) is 0 Å². The van der Waals surface area contributed by atoms with Crippen molar-refractivity contribution in [3.05, 3.63) is 65.4 Å². The molecule has 142 valence electrons. The fraction of sp³-hybridized carbons (Fsp3) is 0.318. The summed E-state index contributed by atoms with van der Waals surface area (Å²) in [5.74, 6) is 1.11. The lowest BCUT2D eigenvalue weighted by molar-refractivity contribution is 0.0779. The van der Waals surface area contributed by atoms with E-state index >= 15 is 0 Å². The maximum absolute atomic E-state index is 12.9. The van der Waals surface area contributed by atoms with Crippen LogP contribution in [0.4, 0.5) is 5.69 Å². The fourth-order valence-electron chi connectivity index (χ4n) is 3.07. The van der Waals surface area contributed by atoms with Crippen LogP contribution in [0.25, 0.3) is 10.9 Å². The van der Waals surface area contributed by atoms with Gasteiger partial charge in [-0.15, -0.1) is 0 Å². The number of fused-ring (bicyclic) bond motifs is 1. The molecular weight excluding hydrogens is 354 g/mol. The van der Waals surface area contributed by atoms with Gasteiger partial charge in [0.15, 0.2) is 0 Å². The normalized spacial score (nSPS) is 10.9. The summed E-state index contributed by atoms with van der Waals surface area (Å²) in [4.78, 5) is 18.0. The first-order valence-corrected chi connectivity index (χ1v) is 10.4. The van der Waals surface area contributed by atoms with E-state index in [-0.39, 0.29) is 5.91 Å². The molecule has 0 saturated carbocycles. The summed E-state index contributed by atoms with van der Waals surface area (Å²) in [6.45, 7) is 4.80. The Hall–Kier alpha value is -2.40. The summed E-state index contributed by atoms with van der Waals surface area (Å²) in [6.07, 6.45) is 2.40. The lowest BCUT2D eigenvalue weighted by Crippen LogP contribution is -2.27. The number of aromatic nitrogens is 1. The third-order valence-electron chi connectivity index (χ3n) is 4.67. The summed E-state index contributed by atoms with van der Waals surface area (Å²) in [7, 11) is 1.84. The molecule has 0 fully saturated rings. The summed E-state index contributed by atoms with van der Waals surface area (Å²) in [5, 5.41) is 1.09. The van der Waals surface area contributed by atoms with E-state index < -0.39 is 0 Å². The number of hydrogen-bond acceptors (Lipinski definition) is 3. The number of aromatic amines is 1. The Morgan fingerprint density at radius 1 is 1.19 bits per heavy atom. The molecular formula is C22H27N3OS. The van der Waals surface area contributed by atoms with Crippen molar-refractivity contribution in [1.82, 2.24) is 9.88 Å². The van der Waals surface area contributed by atoms with Gasteiger partial charge in [0.2, 0.25) is 0 Å². The number of nitrogens with zero attached hydrogens (tertiary/aromatic N) is 1. The Kier molecular flexibility index (Phi) is 6.45. The molecule has 0 aliphatic heterocycles. The number of amides is 1. The fourth-order valence-corrected chi connectivity index (χ4v) is 3.90. The average Bonchev–Trinajstić information content (AvgIpc) is 3.01. The van der Waals surface area contributed by atoms with Gasteiger partial charge >= 0.3 is 0 Å². The molecule has 5 heteroatoms. The highest BCUT2D eigenvalue weighted by molar-refractivity contribution is 8.00. The van der Waals surface area contributed by atoms with Crippen LogP contribution in [0.5, 0.6) is 0 Å². The number of anilines is 1. The molecule has 3 rings (SSSR count). The zero-order chi connectivity index (χ0) is 19.2. The smallest absolute Gasteiger partial charge is 0.270 e. The van der Waals surface area contributed by atoms with E-state index in [1.165, 1.54) is 12.8 Å². The van der Waals surface area contributed by atoms with E-state index in [1.54, 1.807) is 16.8 Å². The van der Waals surface area contributed by atoms with Crippen LogP contribution in [0.3, 0.4) is 0 Å². The predicted molar refractivity (Wildman–Crippen MR) is 116 cm³/mol. The SMILES string of the molecule is CCCCSNc1ccc2[nH]c(C(=O)N(C)Cc3ccccc3)c(C)c2c1. The minimum atomic E-state index is 0.0133. The molecule has 0 radical (unpaired) electrons. The largest absolute Gasteiger partial charge is 0.350 e. The number of unbranched alkanes of at least 4 members (excludes halogenated alkanes) is 1. The summed E-state index contributed by atoms with van der Waals surface area (Å²) >= 11 is 1.73. The van der Waals surface area contributed by atoms with Crippen molar-refractivity contribution in [2.75, 3.05) is 17.5 Å². The first-order valence-electron chi connectivity index (χ1n) is 9.39. The second-order valence-corrected chi connectivity index (χ2v) is 7.74. The Morgan fingerprint density at radius 3 is 2.70 bits per heavy atom. The van der Waals surface area contributed by atoms with E-state index in [9.17, 15) is 4.79 Å². The molecule has 1 heterocycles. The second-order valence-electron chi connectivity index (χ2n) is 6.84. The number of hydrogen-bond donors (Lipinski definition) is 2. The average molecular weight is 382 g/mol. The van der Waals surface area contributed by atoms with Crippen LogP contribution >= 0.6 is 11.9 Å². The van der Waals surface area contributed by atoms with Crippen molar-refractivity contribution in [1.29, 1.82) is 0 Å². The molecule has 2 aromatic carbocycles. The zero-order valence-electron chi connectivity index (χ0n) is 16.2. The molecule has 27 heavy (non-hydrogen) atoms. The van der Waals surface area contributed by atoms with Gasteiger partial charge in [0.05, 0.1) is 0 Å². The molecule has 1 amide bonds. The van der Waals surface area contributed by atoms with Crippen LogP contribution in [0, 0.1) is 6.92 Å². The van der Waals surface area contributed by atoms with Crippen molar-refractivity contribution < 1.29 is 4.79 Å². The molecule has 4 nitrogen and oxygen atoms in total. The Balaban J connectivity index is 1.76. The van der Waals surface area contributed by atoms with Crippen molar-refractivity contribution in [3.63, 3.8) is 0 Å². The number of benzene rings is 2. The first-order chi connectivity index (χ1) is 13.1. The Bertz CT molecular complexity index is 905. The number of nitrogens with one attached hydrogen (secondary N) is 2. The molecule has 0 unspecified atom stereocenters. The number of carbonyl (C=O) groups is 1. The molecule has 0 aliphatic rings. The summed E-state index contributed by atoms with van der Waals surface area (Å²) in [5.41, 5.74) is 4.85. The quantitative estimate of drug-likeness (QED) is 0.394. The zero-order valence-corrected chi connectivity index (χ0v) is 17.0. The van der Waals surface area contributed by atoms with Gasteiger partial charge in [0.1, 0.15) is 5.69 Å². The summed E-state index contributed by atoms with van der Waals surface area (Å²) < 4.78 is 3.40. The van der Waals surface area contributed by atoms with Crippen LogP contribution in [0.15, 0.2) is 48.5 Å². The molecule has 0 aliphatic carbocycles. The molecule has 0 bridgehead atoms. The third-order valence-corrected chi connectivity index (χ3v) is 5.54. The van der Waals surface area contributed by atoms with Gasteiger partial charge in [0, 0.05) is 35.9 Å². The van der Waals surface area contributed by atoms with Crippen LogP contribution in [0.1, 0.15) is 41.4 Å². The minimum absolute atomic E-state index is 0.0133. The third kappa shape index (κ3) is 4.66. The monoisotopic (exact) mass is 381 g/mol. The van der Waals surface area contributed by atoms with Gasteiger partial charge in [-0.05, 0) is 42.7 Å². The van der Waals surface area contributed by atoms with E-state index in [1.807, 2.05) is 50.4 Å². The standard InChI is InChI=1S/C22H27N3OS/c1-4-5-13-27-24-18-11-12-20-19(14-18)16(2)21(23-20)22(26)25(3)15-17-9-7-6-8-10-17/h6-12,14,23-24H,4-5,13,15H2,1-3H3. The molecule has 3 aromatic rings. The number of aryl methyl sites for hydroxylation is 1. The lowest BCUT2D eigenvalue weighted by Gasteiger charge is -2.17. The maximum Gasteiger partial charge on any atom is 0.270 e. The van der Waals surface area contributed by atoms with Gasteiger partial charge < -0.3 is 14.6 Å². The number of rotatable bonds is 8. The summed E-state index contributed by atoms with van der Waals surface area (Å²) in [6, 6.07) is 16.3. The highest BCUT2D eigenvalue weighted by Gasteiger charge is 2.18. The lowest BCUT2D eigenvalue weighted by atomic mass is 10.1. The minimum Gasteiger partial charge on any atom is -0.350 e. The van der Waals surface area contributed by atoms with Crippen molar-refractivity contribution >= 4 is 34.4 Å². The van der Waals surface area contributed by atoms with Gasteiger partial charge in [0.25, 0.3) is 5.91 Å². The Morgan fingerprint density at radius 2 is 1.96 bits per heavy atom. The highest BCUT2D eigenvalue weighted by Crippen LogP contribution is 2.27. The van der Waals surface area contributed by atoms with E-state index in [0.717, 1.165) is 33.5 Å². The van der Waals surface area contributed by atoms with Crippen LogP contribution in [0.2, 0.25) is 0 Å². The maximum atomic E-state index is 12.9. The van der Waals surface area contributed by atoms with Crippen molar-refractivity contribution in [2.45, 2.75) is 33.2 Å². The van der Waals surface area contributed by atoms with Crippen LogP contribution in [-0.2, 0) is 6.54 Å². The highest BCUT2D eigenvalue weighted by atomic mass is 32.2. The predicted octanol–water partition coefficient (Wildman–Crippen LogP) is 5.61. The molecule has 0 atom stereocenters. The number of H-pyrrole nitrogens is 1. The van der Waals surface area contributed by atoms with Crippen LogP contribution < -0.4 is 4.72 Å². The van der Waals surface area contributed by atoms with Gasteiger partial charge in [-0.3, -0.25) is 4.79 Å².